The van der Waals surface area contributed by atoms with Crippen molar-refractivity contribution in [2.45, 2.75) is 58.7 Å². The van der Waals surface area contributed by atoms with E-state index in [4.69, 9.17) is 9.47 Å². The van der Waals surface area contributed by atoms with Crippen molar-refractivity contribution < 1.29 is 14.3 Å². The quantitative estimate of drug-likeness (QED) is 0.586. The maximum absolute atomic E-state index is 13.1. The van der Waals surface area contributed by atoms with Gasteiger partial charge in [-0.05, 0) is 68.5 Å². The average Bonchev–Trinajstić information content (AvgIpc) is 3.42. The first-order valence-electron chi connectivity index (χ1n) is 11.7. The number of hydrogen-bond acceptors (Lipinski definition) is 5. The van der Waals surface area contributed by atoms with E-state index in [2.05, 4.69) is 54.6 Å². The fourth-order valence-corrected chi connectivity index (χ4v) is 5.19. The number of pyridine rings is 1. The van der Waals surface area contributed by atoms with Gasteiger partial charge in [-0.2, -0.15) is 0 Å². The molecule has 0 unspecified atom stereocenters. The van der Waals surface area contributed by atoms with Gasteiger partial charge in [0.05, 0.1) is 12.2 Å². The van der Waals surface area contributed by atoms with Crippen molar-refractivity contribution in [3.05, 3.63) is 58.4 Å². The molecule has 1 aromatic carbocycles. The molecule has 1 amide bonds. The number of fused-ring (bicyclic) bond motifs is 2. The number of aryl methyl sites for hydroxylation is 1. The van der Waals surface area contributed by atoms with Crippen LogP contribution in [0.4, 0.5) is 0 Å². The molecule has 32 heavy (non-hydrogen) atoms. The predicted octanol–water partition coefficient (Wildman–Crippen LogP) is 3.95. The zero-order chi connectivity index (χ0) is 22.8. The molecule has 3 atom stereocenters. The van der Waals surface area contributed by atoms with Crippen molar-refractivity contribution in [1.29, 1.82) is 0 Å². The maximum Gasteiger partial charge on any atom is 0.255 e. The number of carbonyl (C=O) groups is 1. The van der Waals surface area contributed by atoms with Gasteiger partial charge >= 0.3 is 0 Å². The minimum absolute atomic E-state index is 0.115. The number of ether oxygens (including phenoxy) is 2. The fourth-order valence-electron chi connectivity index (χ4n) is 5.19. The molecule has 6 nitrogen and oxygen atoms in total. The summed E-state index contributed by atoms with van der Waals surface area (Å²) in [5, 5.41) is 0. The number of rotatable bonds is 8. The first-order chi connectivity index (χ1) is 15.4. The molecule has 2 aliphatic heterocycles. The zero-order valence-corrected chi connectivity index (χ0v) is 19.9. The minimum atomic E-state index is 0.115. The van der Waals surface area contributed by atoms with Gasteiger partial charge in [-0.15, -0.1) is 0 Å². The van der Waals surface area contributed by atoms with Crippen LogP contribution in [0.2, 0.25) is 0 Å². The third-order valence-corrected chi connectivity index (χ3v) is 7.25. The summed E-state index contributed by atoms with van der Waals surface area (Å²) >= 11 is 0. The van der Waals surface area contributed by atoms with Crippen LogP contribution in [-0.2, 0) is 11.2 Å². The van der Waals surface area contributed by atoms with Gasteiger partial charge in [-0.25, -0.2) is 0 Å². The summed E-state index contributed by atoms with van der Waals surface area (Å²) in [5.41, 5.74) is 5.53. The molecule has 2 aliphatic rings. The van der Waals surface area contributed by atoms with Crippen LogP contribution in [0.5, 0.6) is 5.75 Å². The highest BCUT2D eigenvalue weighted by Crippen LogP contribution is 2.39. The summed E-state index contributed by atoms with van der Waals surface area (Å²) < 4.78 is 11.0. The molecular formula is C26H35N3O3. The van der Waals surface area contributed by atoms with Crippen molar-refractivity contribution in [1.82, 2.24) is 14.8 Å². The van der Waals surface area contributed by atoms with Crippen LogP contribution >= 0.6 is 0 Å². The van der Waals surface area contributed by atoms with Crippen molar-refractivity contribution in [3.63, 3.8) is 0 Å². The molecule has 4 rings (SSSR count). The van der Waals surface area contributed by atoms with E-state index >= 15 is 0 Å². The van der Waals surface area contributed by atoms with E-state index in [1.165, 1.54) is 16.7 Å². The first-order valence-corrected chi connectivity index (χ1v) is 11.7. The molecule has 172 valence electrons. The number of likely N-dealkylation sites (tertiary alicyclic amines) is 2. The summed E-state index contributed by atoms with van der Waals surface area (Å²) in [6.45, 7) is 11.5. The van der Waals surface area contributed by atoms with Crippen LogP contribution in [0.1, 0.15) is 59.1 Å². The normalized spacial score (nSPS) is 21.2. The molecule has 1 aromatic heterocycles. The second-order valence-electron chi connectivity index (χ2n) is 9.01. The Labute approximate surface area is 191 Å². The summed E-state index contributed by atoms with van der Waals surface area (Å²) in [4.78, 5) is 22.1. The van der Waals surface area contributed by atoms with E-state index in [0.29, 0.717) is 30.9 Å². The molecule has 2 bridgehead atoms. The van der Waals surface area contributed by atoms with Gasteiger partial charge in [0, 0.05) is 50.2 Å². The smallest absolute Gasteiger partial charge is 0.255 e. The predicted molar refractivity (Wildman–Crippen MR) is 125 cm³/mol. The van der Waals surface area contributed by atoms with E-state index in [-0.39, 0.29) is 11.9 Å². The van der Waals surface area contributed by atoms with Crippen molar-refractivity contribution in [2.24, 2.45) is 0 Å². The van der Waals surface area contributed by atoms with Crippen LogP contribution in [0.25, 0.3) is 0 Å². The van der Waals surface area contributed by atoms with E-state index in [1.54, 1.807) is 13.3 Å². The number of nitrogens with zero attached hydrogens (tertiary/aromatic N) is 3. The highest BCUT2D eigenvalue weighted by atomic mass is 16.5. The Morgan fingerprint density at radius 3 is 2.56 bits per heavy atom. The molecule has 0 N–H and O–H groups in total. The number of aromatic nitrogens is 1. The van der Waals surface area contributed by atoms with E-state index in [9.17, 15) is 4.79 Å². The molecule has 0 radical (unpaired) electrons. The third kappa shape index (κ3) is 4.26. The van der Waals surface area contributed by atoms with E-state index in [1.807, 2.05) is 12.1 Å². The van der Waals surface area contributed by atoms with Crippen molar-refractivity contribution in [2.75, 3.05) is 33.4 Å². The van der Waals surface area contributed by atoms with E-state index < -0.39 is 0 Å². The van der Waals surface area contributed by atoms with Crippen LogP contribution in [0.15, 0.2) is 30.5 Å². The molecule has 2 fully saturated rings. The van der Waals surface area contributed by atoms with Crippen molar-refractivity contribution >= 4 is 5.91 Å². The van der Waals surface area contributed by atoms with Crippen LogP contribution < -0.4 is 4.74 Å². The number of methoxy groups -OCH3 is 1. The number of piperazine rings is 1. The summed E-state index contributed by atoms with van der Waals surface area (Å²) in [5.74, 6) is 1.04. The average molecular weight is 438 g/mol. The molecule has 6 heteroatoms. The SMILES string of the molecule is CCc1ccc(C(=O)N2C[C@@H]3C[C@H]2CN3[C@@H](C)c2ccc(OCCOC)c(C)c2C)cn1. The van der Waals surface area contributed by atoms with Crippen LogP contribution in [0.3, 0.4) is 0 Å². The molecule has 0 spiro atoms. The Hall–Kier alpha value is -2.44. The van der Waals surface area contributed by atoms with Crippen molar-refractivity contribution in [3.8, 4) is 5.75 Å². The van der Waals surface area contributed by atoms with Gasteiger partial charge < -0.3 is 14.4 Å². The topological polar surface area (TPSA) is 54.9 Å². The number of carbonyl (C=O) groups excluding carboxylic acids is 1. The largest absolute Gasteiger partial charge is 0.491 e. The Morgan fingerprint density at radius 1 is 1.12 bits per heavy atom. The molecule has 3 heterocycles. The van der Waals surface area contributed by atoms with E-state index in [0.717, 1.165) is 37.4 Å². The molecule has 2 saturated heterocycles. The molecule has 0 aliphatic carbocycles. The van der Waals surface area contributed by atoms with Gasteiger partial charge in [0.25, 0.3) is 5.91 Å². The summed E-state index contributed by atoms with van der Waals surface area (Å²) in [6, 6.07) is 9.15. The van der Waals surface area contributed by atoms with Gasteiger partial charge in [0.15, 0.2) is 0 Å². The van der Waals surface area contributed by atoms with Gasteiger partial charge in [-0.3, -0.25) is 14.7 Å². The Balaban J connectivity index is 1.43. The zero-order valence-electron chi connectivity index (χ0n) is 19.9. The van der Waals surface area contributed by atoms with Gasteiger partial charge in [0.1, 0.15) is 12.4 Å². The molecule has 0 saturated carbocycles. The summed E-state index contributed by atoms with van der Waals surface area (Å²) in [7, 11) is 1.68. The molecular weight excluding hydrogens is 402 g/mol. The molecule has 2 aromatic rings. The second kappa shape index (κ2) is 9.59. The van der Waals surface area contributed by atoms with Crippen LogP contribution in [0, 0.1) is 13.8 Å². The number of hydrogen-bond donors (Lipinski definition) is 0. The Bertz CT molecular complexity index is 960. The van der Waals surface area contributed by atoms with Gasteiger partial charge in [-0.1, -0.05) is 13.0 Å². The Kier molecular flexibility index (Phi) is 6.82. The first kappa shape index (κ1) is 22.7. The summed E-state index contributed by atoms with van der Waals surface area (Å²) in [6.07, 6.45) is 3.66. The Morgan fingerprint density at radius 2 is 1.94 bits per heavy atom. The number of benzene rings is 1. The van der Waals surface area contributed by atoms with Crippen LogP contribution in [-0.4, -0.2) is 66.2 Å². The lowest BCUT2D eigenvalue weighted by Gasteiger charge is -2.38. The lowest BCUT2D eigenvalue weighted by atomic mass is 9.96. The standard InChI is InChI=1S/C26H35N3O3/c1-6-21-8-7-20(14-27-21)26(30)29-16-22-13-23(29)15-28(22)19(4)24-9-10-25(18(3)17(24)2)32-12-11-31-5/h7-10,14,19,22-23H,6,11-13,15-16H2,1-5H3/t19-,22-,23-/m0/s1. The minimum Gasteiger partial charge on any atom is -0.491 e. The lowest BCUT2D eigenvalue weighted by Crippen LogP contribution is -2.49. The highest BCUT2D eigenvalue weighted by molar-refractivity contribution is 5.94. The fraction of sp³-hybridized carbons (Fsp3) is 0.538. The third-order valence-electron chi connectivity index (χ3n) is 7.25. The number of amides is 1. The second-order valence-corrected chi connectivity index (χ2v) is 9.01. The lowest BCUT2D eigenvalue weighted by molar-refractivity contribution is 0.0568. The van der Waals surface area contributed by atoms with Gasteiger partial charge in [0.2, 0.25) is 0 Å². The monoisotopic (exact) mass is 437 g/mol. The highest BCUT2D eigenvalue weighted by Gasteiger charge is 2.47. The maximum atomic E-state index is 13.1.